The third-order valence-electron chi connectivity index (χ3n) is 7.87. The lowest BCUT2D eigenvalue weighted by atomic mass is 9.95. The molecule has 0 aliphatic heterocycles. The van der Waals surface area contributed by atoms with E-state index in [0.717, 1.165) is 55.4 Å². The van der Waals surface area contributed by atoms with E-state index in [9.17, 15) is 31.2 Å². The number of benzene rings is 3. The van der Waals surface area contributed by atoms with Gasteiger partial charge in [-0.3, -0.25) is 13.9 Å². The number of carbonyl (C=O) groups is 2. The van der Waals surface area contributed by atoms with E-state index in [0.29, 0.717) is 10.4 Å². The Morgan fingerprint density at radius 3 is 2.25 bits per heavy atom. The fourth-order valence-electron chi connectivity index (χ4n) is 5.24. The summed E-state index contributed by atoms with van der Waals surface area (Å²) in [6.45, 7) is 2.48. The molecule has 0 heterocycles. The third kappa shape index (κ3) is 7.92. The Bertz CT molecular complexity index is 1580. The van der Waals surface area contributed by atoms with Crippen molar-refractivity contribution >= 4 is 39.1 Å². The minimum absolute atomic E-state index is 0.0275. The molecule has 3 aromatic carbocycles. The molecule has 1 N–H and O–H groups in total. The van der Waals surface area contributed by atoms with Crippen LogP contribution in [0, 0.1) is 6.92 Å². The first-order valence-corrected chi connectivity index (χ1v) is 16.2. The first-order valence-electron chi connectivity index (χ1n) is 14.4. The maximum absolute atomic E-state index is 14.1. The Labute approximate surface area is 261 Å². The van der Waals surface area contributed by atoms with Gasteiger partial charge >= 0.3 is 6.18 Å². The van der Waals surface area contributed by atoms with Crippen LogP contribution in [0.15, 0.2) is 77.7 Å². The Kier molecular flexibility index (Phi) is 10.6. The van der Waals surface area contributed by atoms with Gasteiger partial charge in [-0.2, -0.15) is 13.2 Å². The predicted molar refractivity (Wildman–Crippen MR) is 164 cm³/mol. The summed E-state index contributed by atoms with van der Waals surface area (Å²) in [6, 6.07) is 15.6. The monoisotopic (exact) mass is 649 g/mol. The molecule has 0 spiro atoms. The van der Waals surface area contributed by atoms with Gasteiger partial charge in [-0.05, 0) is 68.1 Å². The topological polar surface area (TPSA) is 86.8 Å². The summed E-state index contributed by atoms with van der Waals surface area (Å²) in [7, 11) is -4.58. The first-order chi connectivity index (χ1) is 20.8. The summed E-state index contributed by atoms with van der Waals surface area (Å²) in [5.74, 6) is -1.18. The molecule has 1 fully saturated rings. The van der Waals surface area contributed by atoms with Crippen molar-refractivity contribution in [3.05, 3.63) is 94.5 Å². The van der Waals surface area contributed by atoms with Crippen LogP contribution in [0.3, 0.4) is 0 Å². The number of carbonyl (C=O) groups excluding carboxylic acids is 2. The lowest BCUT2D eigenvalue weighted by Crippen LogP contribution is -2.53. The van der Waals surface area contributed by atoms with Crippen molar-refractivity contribution in [3.63, 3.8) is 0 Å². The molecule has 0 bridgehead atoms. The smallest absolute Gasteiger partial charge is 0.352 e. The van der Waals surface area contributed by atoms with E-state index in [-0.39, 0.29) is 22.5 Å². The number of aryl methyl sites for hydroxylation is 1. The fourth-order valence-corrected chi connectivity index (χ4v) is 6.95. The number of nitrogens with one attached hydrogen (secondary N) is 1. The van der Waals surface area contributed by atoms with Crippen molar-refractivity contribution in [1.82, 2.24) is 10.2 Å². The molecule has 0 aromatic heterocycles. The summed E-state index contributed by atoms with van der Waals surface area (Å²) in [5, 5.41) is 2.73. The van der Waals surface area contributed by atoms with Crippen LogP contribution < -0.4 is 9.62 Å². The molecule has 236 valence electrons. The second-order valence-corrected chi connectivity index (χ2v) is 13.2. The molecular weight excluding hydrogens is 615 g/mol. The molecule has 3 aromatic rings. The molecule has 1 aliphatic rings. The summed E-state index contributed by atoms with van der Waals surface area (Å²) in [4.78, 5) is 28.6. The highest BCUT2D eigenvalue weighted by atomic mass is 35.5. The zero-order valence-electron chi connectivity index (χ0n) is 24.5. The molecule has 44 heavy (non-hydrogen) atoms. The van der Waals surface area contributed by atoms with Crippen molar-refractivity contribution in [1.29, 1.82) is 0 Å². The molecule has 2 amide bonds. The third-order valence-corrected chi connectivity index (χ3v) is 9.97. The zero-order valence-corrected chi connectivity index (χ0v) is 26.1. The lowest BCUT2D eigenvalue weighted by molar-refractivity contribution is -0.139. The highest BCUT2D eigenvalue weighted by Gasteiger charge is 2.36. The summed E-state index contributed by atoms with van der Waals surface area (Å²) in [6.07, 6.45) is -0.106. The van der Waals surface area contributed by atoms with Gasteiger partial charge < -0.3 is 10.2 Å². The lowest BCUT2D eigenvalue weighted by Gasteiger charge is -2.33. The van der Waals surface area contributed by atoms with E-state index >= 15 is 0 Å². The number of rotatable bonds is 10. The van der Waals surface area contributed by atoms with Crippen molar-refractivity contribution in [2.75, 3.05) is 10.8 Å². The SMILES string of the molecule is Cc1ccccc1CN(C(=O)CN(c1cc(C(F)(F)F)ccc1Cl)S(=O)(=O)c1ccccc1)[C@H](C)C(=O)NC1CCCCC1. The zero-order chi connectivity index (χ0) is 32.1. The molecule has 12 heteroatoms. The van der Waals surface area contributed by atoms with Crippen molar-refractivity contribution < 1.29 is 31.2 Å². The van der Waals surface area contributed by atoms with Crippen molar-refractivity contribution in [2.45, 2.75) is 75.7 Å². The van der Waals surface area contributed by atoms with E-state index in [1.165, 1.54) is 29.2 Å². The highest BCUT2D eigenvalue weighted by Crippen LogP contribution is 2.37. The number of amides is 2. The van der Waals surface area contributed by atoms with Gasteiger partial charge in [0, 0.05) is 12.6 Å². The normalized spacial score (nSPS) is 15.0. The Balaban J connectivity index is 1.75. The second kappa shape index (κ2) is 14.0. The van der Waals surface area contributed by atoms with E-state index in [1.54, 1.807) is 25.1 Å². The molecule has 1 atom stereocenters. The van der Waals surface area contributed by atoms with Crippen molar-refractivity contribution in [3.8, 4) is 0 Å². The second-order valence-electron chi connectivity index (χ2n) is 11.0. The van der Waals surface area contributed by atoms with Crippen LogP contribution in [-0.2, 0) is 32.3 Å². The molecule has 0 unspecified atom stereocenters. The van der Waals surface area contributed by atoms with E-state index < -0.39 is 51.9 Å². The number of alkyl halides is 3. The van der Waals surface area contributed by atoms with Gasteiger partial charge in [0.2, 0.25) is 11.8 Å². The van der Waals surface area contributed by atoms with Crippen molar-refractivity contribution in [2.24, 2.45) is 0 Å². The summed E-state index contributed by atoms with van der Waals surface area (Å²) < 4.78 is 69.5. The molecule has 0 radical (unpaired) electrons. The van der Waals surface area contributed by atoms with Crippen LogP contribution in [0.25, 0.3) is 0 Å². The minimum atomic E-state index is -4.80. The van der Waals surface area contributed by atoms with Gasteiger partial charge in [-0.1, -0.05) is 73.3 Å². The van der Waals surface area contributed by atoms with Gasteiger partial charge in [-0.25, -0.2) is 8.42 Å². The van der Waals surface area contributed by atoms with Crippen LogP contribution in [0.4, 0.5) is 18.9 Å². The average molecular weight is 650 g/mol. The number of anilines is 1. The Morgan fingerprint density at radius 1 is 0.977 bits per heavy atom. The maximum Gasteiger partial charge on any atom is 0.416 e. The number of nitrogens with zero attached hydrogens (tertiary/aromatic N) is 2. The van der Waals surface area contributed by atoms with Crippen LogP contribution in [0.5, 0.6) is 0 Å². The number of sulfonamides is 1. The Morgan fingerprint density at radius 2 is 1.61 bits per heavy atom. The molecule has 0 saturated heterocycles. The van der Waals surface area contributed by atoms with E-state index in [1.807, 2.05) is 19.1 Å². The minimum Gasteiger partial charge on any atom is -0.352 e. The maximum atomic E-state index is 14.1. The number of halogens is 4. The van der Waals surface area contributed by atoms with Gasteiger partial charge in [-0.15, -0.1) is 0 Å². The fraction of sp³-hybridized carbons (Fsp3) is 0.375. The van der Waals surface area contributed by atoms with Crippen LogP contribution >= 0.6 is 11.6 Å². The molecule has 4 rings (SSSR count). The van der Waals surface area contributed by atoms with Crippen LogP contribution in [0.2, 0.25) is 5.02 Å². The number of hydrogen-bond acceptors (Lipinski definition) is 4. The van der Waals surface area contributed by atoms with Crippen LogP contribution in [-0.4, -0.2) is 43.8 Å². The molecule has 1 saturated carbocycles. The van der Waals surface area contributed by atoms with Gasteiger partial charge in [0.1, 0.15) is 12.6 Å². The van der Waals surface area contributed by atoms with E-state index in [2.05, 4.69) is 5.32 Å². The standard InChI is InChI=1S/C32H35ClF3N3O4S/c1-22-11-9-10-12-24(22)20-38(23(2)31(41)37-26-13-5-3-6-14-26)30(40)21-39(44(42,43)27-15-7-4-8-16-27)29-19-25(32(34,35)36)17-18-28(29)33/h4,7-12,15-19,23,26H,3,5-6,13-14,20-21H2,1-2H3,(H,37,41)/t23-/m1/s1. The highest BCUT2D eigenvalue weighted by molar-refractivity contribution is 7.92. The Hall–Kier alpha value is -3.57. The molecule has 1 aliphatic carbocycles. The van der Waals surface area contributed by atoms with Gasteiger partial charge in [0.05, 0.1) is 21.2 Å². The predicted octanol–water partition coefficient (Wildman–Crippen LogP) is 6.73. The number of hydrogen-bond donors (Lipinski definition) is 1. The molecule has 7 nitrogen and oxygen atoms in total. The van der Waals surface area contributed by atoms with Gasteiger partial charge in [0.15, 0.2) is 0 Å². The average Bonchev–Trinajstić information content (AvgIpc) is 2.99. The largest absolute Gasteiger partial charge is 0.416 e. The van der Waals surface area contributed by atoms with E-state index in [4.69, 9.17) is 11.6 Å². The quantitative estimate of drug-likeness (QED) is 0.264. The van der Waals surface area contributed by atoms with Gasteiger partial charge in [0.25, 0.3) is 10.0 Å². The summed E-state index contributed by atoms with van der Waals surface area (Å²) >= 11 is 6.31. The van der Waals surface area contributed by atoms with Crippen LogP contribution in [0.1, 0.15) is 55.7 Å². The first kappa shape index (κ1) is 33.3. The summed E-state index contributed by atoms with van der Waals surface area (Å²) in [5.41, 5.74) is -0.0592. The molecular formula is C32H35ClF3N3O4S.